The number of benzene rings is 3. The minimum atomic E-state index is -0.121. The fourth-order valence-corrected chi connectivity index (χ4v) is 6.99. The van der Waals surface area contributed by atoms with Crippen molar-refractivity contribution >= 4 is 62.7 Å². The summed E-state index contributed by atoms with van der Waals surface area (Å²) >= 11 is 8.45. The Morgan fingerprint density at radius 2 is 1.79 bits per heavy atom. The van der Waals surface area contributed by atoms with Gasteiger partial charge in [-0.1, -0.05) is 54.1 Å². The molecule has 3 N–H and O–H groups in total. The molecule has 1 heterocycles. The molecule has 1 unspecified atom stereocenters. The maximum Gasteiger partial charge on any atom is 0.235 e. The zero-order chi connectivity index (χ0) is 27.2. The van der Waals surface area contributed by atoms with Crippen LogP contribution in [-0.2, 0) is 17.6 Å². The van der Waals surface area contributed by atoms with E-state index in [2.05, 4.69) is 46.3 Å². The molecular formula is C31H28N4OS3. The van der Waals surface area contributed by atoms with Gasteiger partial charge in [0.05, 0.1) is 11.3 Å². The number of nitriles is 1. The lowest BCUT2D eigenvalue weighted by Gasteiger charge is -2.22. The summed E-state index contributed by atoms with van der Waals surface area (Å²) in [5, 5.41) is 20.4. The molecule has 1 aliphatic rings. The second-order valence-corrected chi connectivity index (χ2v) is 12.0. The van der Waals surface area contributed by atoms with E-state index in [-0.39, 0.29) is 11.7 Å². The molecule has 0 aliphatic heterocycles. The van der Waals surface area contributed by atoms with Crippen molar-refractivity contribution in [2.75, 3.05) is 21.7 Å². The molecule has 0 saturated carbocycles. The van der Waals surface area contributed by atoms with Crippen LogP contribution in [0.3, 0.4) is 0 Å². The van der Waals surface area contributed by atoms with E-state index >= 15 is 0 Å². The van der Waals surface area contributed by atoms with Gasteiger partial charge in [0.15, 0.2) is 5.11 Å². The fourth-order valence-electron chi connectivity index (χ4n) is 4.71. The van der Waals surface area contributed by atoms with Crippen LogP contribution in [-0.4, -0.2) is 16.8 Å². The highest BCUT2D eigenvalue weighted by Gasteiger charge is 2.27. The third-order valence-corrected chi connectivity index (χ3v) is 9.04. The van der Waals surface area contributed by atoms with E-state index in [0.29, 0.717) is 21.6 Å². The first-order chi connectivity index (χ1) is 19.0. The third-order valence-electron chi connectivity index (χ3n) is 6.67. The Hall–Kier alpha value is -3.64. The van der Waals surface area contributed by atoms with Crippen LogP contribution in [0.1, 0.15) is 39.5 Å². The number of rotatable bonds is 7. The molecule has 5 nitrogen and oxygen atoms in total. The van der Waals surface area contributed by atoms with E-state index in [1.165, 1.54) is 27.8 Å². The zero-order valence-electron chi connectivity index (χ0n) is 21.5. The number of anilines is 3. The number of hydrogen-bond donors (Lipinski definition) is 3. The van der Waals surface area contributed by atoms with Crippen molar-refractivity contribution in [3.63, 3.8) is 0 Å². The van der Waals surface area contributed by atoms with E-state index in [4.69, 9.17) is 12.2 Å². The molecule has 0 radical (unpaired) electrons. The molecule has 1 aromatic heterocycles. The minimum Gasteiger partial charge on any atom is -0.332 e. The van der Waals surface area contributed by atoms with Gasteiger partial charge in [-0.2, -0.15) is 5.26 Å². The quantitative estimate of drug-likeness (QED) is 0.156. The molecule has 8 heteroatoms. The molecule has 39 heavy (non-hydrogen) atoms. The van der Waals surface area contributed by atoms with Crippen molar-refractivity contribution < 1.29 is 4.79 Å². The van der Waals surface area contributed by atoms with Crippen LogP contribution in [0, 0.1) is 18.3 Å². The summed E-state index contributed by atoms with van der Waals surface area (Å²) in [6.07, 6.45) is 2.78. The van der Waals surface area contributed by atoms with E-state index in [0.717, 1.165) is 41.1 Å². The van der Waals surface area contributed by atoms with E-state index in [1.54, 1.807) is 11.3 Å². The SMILES string of the molecule is Cc1ccc(NC(=S)Nc2cccc(SCC(=O)Nc3sc4c(c3C#N)CCC(c3ccccc3)C4)c2)cc1. The van der Waals surface area contributed by atoms with Crippen LogP contribution < -0.4 is 16.0 Å². The second-order valence-electron chi connectivity index (χ2n) is 9.48. The summed E-state index contributed by atoms with van der Waals surface area (Å²) in [6.45, 7) is 2.04. The van der Waals surface area contributed by atoms with Crippen LogP contribution in [0.2, 0.25) is 0 Å². The number of nitrogens with one attached hydrogen (secondary N) is 3. The fraction of sp³-hybridized carbons (Fsp3) is 0.194. The van der Waals surface area contributed by atoms with Crippen LogP contribution in [0.15, 0.2) is 83.8 Å². The van der Waals surface area contributed by atoms with Gasteiger partial charge in [0.2, 0.25) is 5.91 Å². The zero-order valence-corrected chi connectivity index (χ0v) is 23.9. The molecule has 3 aromatic carbocycles. The topological polar surface area (TPSA) is 76.9 Å². The highest BCUT2D eigenvalue weighted by molar-refractivity contribution is 8.00. The Labute approximate surface area is 242 Å². The van der Waals surface area contributed by atoms with Crippen LogP contribution in [0.5, 0.6) is 0 Å². The van der Waals surface area contributed by atoms with Gasteiger partial charge in [0, 0.05) is 21.1 Å². The number of carbonyl (C=O) groups excluding carboxylic acids is 1. The molecule has 0 spiro atoms. The third kappa shape index (κ3) is 6.87. The molecule has 0 saturated heterocycles. The number of hydrogen-bond acceptors (Lipinski definition) is 5. The van der Waals surface area contributed by atoms with Crippen LogP contribution >= 0.6 is 35.3 Å². The normalized spacial score (nSPS) is 14.1. The second kappa shape index (κ2) is 12.5. The average Bonchev–Trinajstić information content (AvgIpc) is 3.29. The predicted octanol–water partition coefficient (Wildman–Crippen LogP) is 7.74. The van der Waals surface area contributed by atoms with Crippen molar-refractivity contribution in [1.82, 2.24) is 0 Å². The maximum atomic E-state index is 12.9. The van der Waals surface area contributed by atoms with Gasteiger partial charge in [-0.25, -0.2) is 0 Å². The first kappa shape index (κ1) is 26.9. The van der Waals surface area contributed by atoms with Crippen molar-refractivity contribution in [2.45, 2.75) is 37.0 Å². The average molecular weight is 569 g/mol. The molecule has 1 amide bonds. The smallest absolute Gasteiger partial charge is 0.235 e. The van der Waals surface area contributed by atoms with Crippen molar-refractivity contribution in [1.29, 1.82) is 5.26 Å². The monoisotopic (exact) mass is 568 g/mol. The van der Waals surface area contributed by atoms with Crippen molar-refractivity contribution in [3.05, 3.63) is 106 Å². The molecule has 0 bridgehead atoms. The van der Waals surface area contributed by atoms with Gasteiger partial charge in [0.1, 0.15) is 11.1 Å². The molecule has 196 valence electrons. The number of nitrogens with zero attached hydrogens (tertiary/aromatic N) is 1. The molecule has 1 atom stereocenters. The molecule has 4 aromatic rings. The predicted molar refractivity (Wildman–Crippen MR) is 167 cm³/mol. The summed E-state index contributed by atoms with van der Waals surface area (Å²) in [4.78, 5) is 15.0. The van der Waals surface area contributed by atoms with E-state index in [1.807, 2.05) is 61.5 Å². The van der Waals surface area contributed by atoms with Crippen molar-refractivity contribution in [2.24, 2.45) is 0 Å². The lowest BCUT2D eigenvalue weighted by Crippen LogP contribution is -2.19. The standard InChI is InChI=1S/C31H28N4OS3/c1-20-10-13-23(14-11-20)33-31(37)34-24-8-5-9-25(17-24)38-19-29(36)35-30-27(18-32)26-15-12-22(16-28(26)39-30)21-6-3-2-4-7-21/h2-11,13-14,17,22H,12,15-16,19H2,1H3,(H,35,36)(H2,33,34,37). The highest BCUT2D eigenvalue weighted by atomic mass is 32.2. The first-order valence-electron chi connectivity index (χ1n) is 12.8. The number of thiophene rings is 1. The number of aryl methyl sites for hydroxylation is 1. The Morgan fingerprint density at radius 1 is 1.03 bits per heavy atom. The first-order valence-corrected chi connectivity index (χ1v) is 15.0. The summed E-state index contributed by atoms with van der Waals surface area (Å²) in [6, 6.07) is 28.7. The lowest BCUT2D eigenvalue weighted by atomic mass is 9.83. The Kier molecular flexibility index (Phi) is 8.62. The molecular weight excluding hydrogens is 541 g/mol. The Bertz CT molecular complexity index is 1520. The number of carbonyl (C=O) groups is 1. The maximum absolute atomic E-state index is 12.9. The van der Waals surface area contributed by atoms with Gasteiger partial charge in [-0.3, -0.25) is 4.79 Å². The Morgan fingerprint density at radius 3 is 2.56 bits per heavy atom. The van der Waals surface area contributed by atoms with Gasteiger partial charge in [-0.15, -0.1) is 23.1 Å². The molecule has 5 rings (SSSR count). The highest BCUT2D eigenvalue weighted by Crippen LogP contribution is 2.42. The summed E-state index contributed by atoms with van der Waals surface area (Å²) in [5.74, 6) is 0.573. The lowest BCUT2D eigenvalue weighted by molar-refractivity contribution is -0.113. The van der Waals surface area contributed by atoms with E-state index < -0.39 is 0 Å². The van der Waals surface area contributed by atoms with Crippen molar-refractivity contribution in [3.8, 4) is 6.07 Å². The van der Waals surface area contributed by atoms with Gasteiger partial charge < -0.3 is 16.0 Å². The number of fused-ring (bicyclic) bond motifs is 1. The molecule has 0 fully saturated rings. The van der Waals surface area contributed by atoms with E-state index in [9.17, 15) is 10.1 Å². The van der Waals surface area contributed by atoms with Crippen LogP contribution in [0.25, 0.3) is 0 Å². The van der Waals surface area contributed by atoms with Gasteiger partial charge in [-0.05, 0) is 85.8 Å². The summed E-state index contributed by atoms with van der Waals surface area (Å²) in [5.41, 5.74) is 6.01. The minimum absolute atomic E-state index is 0.121. The number of amides is 1. The summed E-state index contributed by atoms with van der Waals surface area (Å²) < 4.78 is 0. The largest absolute Gasteiger partial charge is 0.332 e. The summed E-state index contributed by atoms with van der Waals surface area (Å²) in [7, 11) is 0. The van der Waals surface area contributed by atoms with Gasteiger partial charge in [0.25, 0.3) is 0 Å². The Balaban J connectivity index is 1.17. The number of thioether (sulfide) groups is 1. The van der Waals surface area contributed by atoms with Gasteiger partial charge >= 0.3 is 0 Å². The molecule has 1 aliphatic carbocycles. The number of thiocarbonyl (C=S) groups is 1. The van der Waals surface area contributed by atoms with Crippen LogP contribution in [0.4, 0.5) is 16.4 Å².